The van der Waals surface area contributed by atoms with E-state index in [0.29, 0.717) is 0 Å². The molecular weight excluding hydrogens is 244 g/mol. The zero-order chi connectivity index (χ0) is 12.9. The van der Waals surface area contributed by atoms with Gasteiger partial charge < -0.3 is 15.8 Å². The van der Waals surface area contributed by atoms with Crippen LogP contribution in [-0.4, -0.2) is 31.1 Å². The van der Waals surface area contributed by atoms with Gasteiger partial charge in [-0.3, -0.25) is 4.79 Å². The second-order valence-electron chi connectivity index (χ2n) is 4.52. The van der Waals surface area contributed by atoms with Gasteiger partial charge in [0.25, 0.3) is 0 Å². The molecule has 17 heavy (non-hydrogen) atoms. The number of rotatable bonds is 5. The molecule has 0 aromatic carbocycles. The first-order valence-electron chi connectivity index (χ1n) is 5.45. The van der Waals surface area contributed by atoms with Crippen LogP contribution < -0.4 is 11.1 Å². The van der Waals surface area contributed by atoms with Gasteiger partial charge in [-0.1, -0.05) is 27.7 Å². The molecule has 1 amide bonds. The molecule has 0 aromatic rings. The summed E-state index contributed by atoms with van der Waals surface area (Å²) in [6.07, 6.45) is 0. The maximum absolute atomic E-state index is 11.7. The molecule has 0 heterocycles. The zero-order valence-corrected chi connectivity index (χ0v) is 11.8. The highest BCUT2D eigenvalue weighted by Crippen LogP contribution is 2.05. The Balaban J connectivity index is 0. The van der Waals surface area contributed by atoms with Crippen molar-refractivity contribution < 1.29 is 14.3 Å². The number of nitrogens with one attached hydrogen (secondary N) is 1. The van der Waals surface area contributed by atoms with Crippen molar-refractivity contribution in [2.75, 3.05) is 7.11 Å². The van der Waals surface area contributed by atoms with Crippen molar-refractivity contribution in [2.45, 2.75) is 39.8 Å². The molecule has 2 atom stereocenters. The average molecular weight is 267 g/mol. The Labute approximate surface area is 109 Å². The molecular formula is C11H23ClN2O3. The molecule has 5 nitrogen and oxygen atoms in total. The van der Waals surface area contributed by atoms with Crippen LogP contribution in [0.2, 0.25) is 0 Å². The van der Waals surface area contributed by atoms with Crippen LogP contribution in [0.5, 0.6) is 0 Å². The summed E-state index contributed by atoms with van der Waals surface area (Å²) in [6.45, 7) is 7.38. The van der Waals surface area contributed by atoms with Crippen LogP contribution >= 0.6 is 12.4 Å². The smallest absolute Gasteiger partial charge is 0.328 e. The van der Waals surface area contributed by atoms with Crippen LogP contribution in [0.3, 0.4) is 0 Å². The first-order valence-corrected chi connectivity index (χ1v) is 5.45. The second-order valence-corrected chi connectivity index (χ2v) is 4.52. The number of amides is 1. The maximum Gasteiger partial charge on any atom is 0.328 e. The van der Waals surface area contributed by atoms with E-state index in [0.717, 1.165) is 0 Å². The fraction of sp³-hybridized carbons (Fsp3) is 0.818. The Morgan fingerprint density at radius 2 is 1.59 bits per heavy atom. The molecule has 0 aromatic heterocycles. The number of ether oxygens (including phenoxy) is 1. The minimum atomic E-state index is -0.637. The van der Waals surface area contributed by atoms with Crippen LogP contribution in [-0.2, 0) is 14.3 Å². The van der Waals surface area contributed by atoms with Crippen molar-refractivity contribution in [1.82, 2.24) is 5.32 Å². The zero-order valence-electron chi connectivity index (χ0n) is 11.0. The lowest BCUT2D eigenvalue weighted by molar-refractivity contribution is -0.146. The summed E-state index contributed by atoms with van der Waals surface area (Å²) >= 11 is 0. The predicted molar refractivity (Wildman–Crippen MR) is 68.8 cm³/mol. The summed E-state index contributed by atoms with van der Waals surface area (Å²) in [5.41, 5.74) is 5.69. The second kappa shape index (κ2) is 8.31. The van der Waals surface area contributed by atoms with Crippen molar-refractivity contribution in [3.63, 3.8) is 0 Å². The molecule has 6 heteroatoms. The number of nitrogens with two attached hydrogens (primary N) is 1. The van der Waals surface area contributed by atoms with E-state index in [1.165, 1.54) is 7.11 Å². The highest BCUT2D eigenvalue weighted by atomic mass is 35.5. The lowest BCUT2D eigenvalue weighted by Crippen LogP contribution is -2.52. The molecule has 0 radical (unpaired) electrons. The molecule has 3 N–H and O–H groups in total. The summed E-state index contributed by atoms with van der Waals surface area (Å²) in [6, 6.07) is -1.24. The molecule has 0 rings (SSSR count). The molecule has 2 unspecified atom stereocenters. The number of hydrogen-bond donors (Lipinski definition) is 2. The molecule has 0 spiro atoms. The molecule has 0 bridgehead atoms. The van der Waals surface area contributed by atoms with Gasteiger partial charge >= 0.3 is 5.97 Å². The first-order chi connectivity index (χ1) is 7.31. The number of hydrogen-bond acceptors (Lipinski definition) is 4. The van der Waals surface area contributed by atoms with Gasteiger partial charge in [0.2, 0.25) is 5.91 Å². The quantitative estimate of drug-likeness (QED) is 0.718. The van der Waals surface area contributed by atoms with Crippen LogP contribution in [0.15, 0.2) is 0 Å². The molecule has 0 fully saturated rings. The van der Waals surface area contributed by atoms with Crippen molar-refractivity contribution in [3.05, 3.63) is 0 Å². The Kier molecular flexibility index (Phi) is 9.06. The Morgan fingerprint density at radius 3 is 1.88 bits per heavy atom. The largest absolute Gasteiger partial charge is 0.467 e. The lowest BCUT2D eigenvalue weighted by atomic mass is 10.0. The lowest BCUT2D eigenvalue weighted by Gasteiger charge is -2.23. The van der Waals surface area contributed by atoms with Crippen LogP contribution in [0.4, 0.5) is 0 Å². The highest BCUT2D eigenvalue weighted by molar-refractivity contribution is 5.87. The molecule has 0 saturated heterocycles. The summed E-state index contributed by atoms with van der Waals surface area (Å²) in [5, 5.41) is 2.61. The van der Waals surface area contributed by atoms with Crippen LogP contribution in [0.25, 0.3) is 0 Å². The number of methoxy groups -OCH3 is 1. The Morgan fingerprint density at radius 1 is 1.12 bits per heavy atom. The van der Waals surface area contributed by atoms with Gasteiger partial charge in [0.05, 0.1) is 13.2 Å². The summed E-state index contributed by atoms with van der Waals surface area (Å²) in [7, 11) is 1.30. The third-order valence-electron chi connectivity index (χ3n) is 2.44. The van der Waals surface area contributed by atoms with E-state index < -0.39 is 18.1 Å². The normalized spacial score (nSPS) is 13.9. The number of esters is 1. The third kappa shape index (κ3) is 5.89. The van der Waals surface area contributed by atoms with E-state index in [1.807, 2.05) is 27.7 Å². The van der Waals surface area contributed by atoms with Gasteiger partial charge in [-0.15, -0.1) is 12.4 Å². The fourth-order valence-electron chi connectivity index (χ4n) is 1.18. The third-order valence-corrected chi connectivity index (χ3v) is 2.44. The minimum Gasteiger partial charge on any atom is -0.467 e. The van der Waals surface area contributed by atoms with Gasteiger partial charge in [-0.05, 0) is 11.8 Å². The van der Waals surface area contributed by atoms with Crippen molar-refractivity contribution in [3.8, 4) is 0 Å². The standard InChI is InChI=1S/C11H22N2O3.ClH/c1-6(2)8(12)10(14)13-9(7(3)4)11(15)16-5;/h6-9H,12H2,1-5H3,(H,13,14);1H. The van der Waals surface area contributed by atoms with Gasteiger partial charge in [0, 0.05) is 0 Å². The van der Waals surface area contributed by atoms with E-state index in [4.69, 9.17) is 5.73 Å². The Bertz CT molecular complexity index is 257. The van der Waals surface area contributed by atoms with E-state index in [9.17, 15) is 9.59 Å². The molecule has 102 valence electrons. The number of halogens is 1. The number of carbonyl (C=O) groups is 2. The van der Waals surface area contributed by atoms with Crippen molar-refractivity contribution >= 4 is 24.3 Å². The van der Waals surface area contributed by atoms with Crippen molar-refractivity contribution in [2.24, 2.45) is 17.6 Å². The SMILES string of the molecule is COC(=O)C(NC(=O)C(N)C(C)C)C(C)C.Cl. The van der Waals surface area contributed by atoms with E-state index >= 15 is 0 Å². The number of carbonyl (C=O) groups excluding carboxylic acids is 2. The van der Waals surface area contributed by atoms with Gasteiger partial charge in [-0.25, -0.2) is 4.79 Å². The molecule has 0 aliphatic carbocycles. The van der Waals surface area contributed by atoms with Gasteiger partial charge in [-0.2, -0.15) is 0 Å². The average Bonchev–Trinajstić information content (AvgIpc) is 2.22. The maximum atomic E-state index is 11.7. The predicted octanol–water partition coefficient (Wildman–Crippen LogP) is 0.705. The topological polar surface area (TPSA) is 81.4 Å². The van der Waals surface area contributed by atoms with Crippen LogP contribution in [0.1, 0.15) is 27.7 Å². The van der Waals surface area contributed by atoms with Gasteiger partial charge in [0.15, 0.2) is 0 Å². The first kappa shape index (κ1) is 18.6. The Hall–Kier alpha value is -0.810. The van der Waals surface area contributed by atoms with E-state index in [2.05, 4.69) is 10.1 Å². The molecule has 0 saturated carbocycles. The van der Waals surface area contributed by atoms with Crippen molar-refractivity contribution in [1.29, 1.82) is 0 Å². The van der Waals surface area contributed by atoms with Gasteiger partial charge in [0.1, 0.15) is 6.04 Å². The molecule has 0 aliphatic rings. The summed E-state index contributed by atoms with van der Waals surface area (Å²) in [5.74, 6) is -0.764. The summed E-state index contributed by atoms with van der Waals surface area (Å²) in [4.78, 5) is 23.1. The monoisotopic (exact) mass is 266 g/mol. The minimum absolute atomic E-state index is 0. The van der Waals surface area contributed by atoms with Crippen LogP contribution in [0, 0.1) is 11.8 Å². The molecule has 0 aliphatic heterocycles. The fourth-order valence-corrected chi connectivity index (χ4v) is 1.18. The highest BCUT2D eigenvalue weighted by Gasteiger charge is 2.27. The van der Waals surface area contributed by atoms with E-state index in [1.54, 1.807) is 0 Å². The van der Waals surface area contributed by atoms with E-state index in [-0.39, 0.29) is 30.2 Å². The summed E-state index contributed by atoms with van der Waals surface area (Å²) < 4.78 is 4.62.